The highest BCUT2D eigenvalue weighted by atomic mass is 16.4. The van der Waals surface area contributed by atoms with Gasteiger partial charge in [-0.3, -0.25) is 14.4 Å². The maximum atomic E-state index is 14.4. The number of amides is 3. The topological polar surface area (TPSA) is 136 Å². The van der Waals surface area contributed by atoms with Crippen LogP contribution in [-0.2, 0) is 20.8 Å². The number of likely N-dealkylation sites (tertiary alicyclic amines) is 1. The van der Waals surface area contributed by atoms with Crippen LogP contribution in [0.4, 0.5) is 11.4 Å². The Balaban J connectivity index is 1.11. The molecule has 10 nitrogen and oxygen atoms in total. The SMILES string of the molecule is NN(C(=O)C1(NC(=O)c2ccc3c(c2)N2CC(C(=O)N4CCCCC4)Cc4ccccc4C2C3C2CCCCC2)CCCC1)c1ccc(/C=C/C(=O)O)cc1. The molecule has 0 radical (unpaired) electrons. The van der Waals surface area contributed by atoms with Crippen molar-refractivity contribution in [1.82, 2.24) is 10.2 Å². The van der Waals surface area contributed by atoms with Crippen molar-refractivity contribution < 1.29 is 24.3 Å². The van der Waals surface area contributed by atoms with E-state index < -0.39 is 11.5 Å². The Morgan fingerprint density at radius 2 is 1.55 bits per heavy atom. The Labute approximate surface area is 323 Å². The predicted molar refractivity (Wildman–Crippen MR) is 213 cm³/mol. The number of anilines is 2. The Morgan fingerprint density at radius 1 is 0.836 bits per heavy atom. The van der Waals surface area contributed by atoms with Crippen molar-refractivity contribution in [3.05, 3.63) is 101 Å². The second kappa shape index (κ2) is 15.6. The number of aliphatic carboxylic acids is 1. The molecule has 0 spiro atoms. The maximum Gasteiger partial charge on any atom is 0.328 e. The number of hydrogen-bond acceptors (Lipinski definition) is 6. The van der Waals surface area contributed by atoms with Crippen LogP contribution in [0.1, 0.15) is 122 Å². The number of piperidine rings is 1. The predicted octanol–water partition coefficient (Wildman–Crippen LogP) is 7.14. The highest BCUT2D eigenvalue weighted by molar-refractivity contribution is 6.05. The summed E-state index contributed by atoms with van der Waals surface area (Å²) in [6.45, 7) is 2.25. The Kier molecular flexibility index (Phi) is 10.5. The van der Waals surface area contributed by atoms with Gasteiger partial charge in [0.1, 0.15) is 5.54 Å². The van der Waals surface area contributed by atoms with E-state index in [-0.39, 0.29) is 35.6 Å². The lowest BCUT2D eigenvalue weighted by molar-refractivity contribution is -0.136. The third-order valence-electron chi connectivity index (χ3n) is 13.1. The van der Waals surface area contributed by atoms with E-state index in [2.05, 4.69) is 45.4 Å². The molecular formula is C45H53N5O5. The van der Waals surface area contributed by atoms with E-state index in [1.54, 1.807) is 24.3 Å². The van der Waals surface area contributed by atoms with Crippen LogP contribution in [0.15, 0.2) is 72.8 Å². The van der Waals surface area contributed by atoms with E-state index in [9.17, 15) is 19.2 Å². The zero-order valence-electron chi connectivity index (χ0n) is 31.6. The van der Waals surface area contributed by atoms with Crippen molar-refractivity contribution >= 4 is 41.1 Å². The number of nitrogens with zero attached hydrogens (tertiary/aromatic N) is 3. The number of carbonyl (C=O) groups is 4. The van der Waals surface area contributed by atoms with Crippen molar-refractivity contribution in [2.24, 2.45) is 17.7 Å². The molecule has 3 amide bonds. The van der Waals surface area contributed by atoms with Gasteiger partial charge in [-0.05, 0) is 110 Å². The molecule has 1 saturated heterocycles. The number of hydrogen-bond donors (Lipinski definition) is 3. The second-order valence-electron chi connectivity index (χ2n) is 16.5. The molecule has 0 aromatic heterocycles. The molecule has 288 valence electrons. The summed E-state index contributed by atoms with van der Waals surface area (Å²) in [6, 6.07) is 21.7. The van der Waals surface area contributed by atoms with E-state index in [1.807, 2.05) is 12.1 Å². The molecule has 55 heavy (non-hydrogen) atoms. The van der Waals surface area contributed by atoms with E-state index >= 15 is 0 Å². The minimum atomic E-state index is -1.16. The van der Waals surface area contributed by atoms with Crippen LogP contribution in [-0.4, -0.2) is 58.9 Å². The summed E-state index contributed by atoms with van der Waals surface area (Å²) in [6.07, 6.45) is 15.1. The molecule has 3 aliphatic heterocycles. The standard InChI is InChI=1S/C45H53N5O5/c46-50(35-19-15-30(16-20-35)17-22-39(51)52)44(55)45(23-7-8-24-45)47-42(53)33-18-21-37-38(28-33)49-29-34(43(54)48-25-9-2-10-26-48)27-32-13-5-6-14-36(32)41(49)40(37)31-11-3-1-4-12-31/h5-6,13-22,28,31,34,40-41H,1-4,7-12,23-27,29,46H2,(H,47,53)(H,51,52)/b22-17+. The zero-order valence-corrected chi connectivity index (χ0v) is 31.6. The molecule has 2 aliphatic carbocycles. The summed E-state index contributed by atoms with van der Waals surface area (Å²) in [7, 11) is 0. The van der Waals surface area contributed by atoms with Crippen LogP contribution in [0.25, 0.3) is 6.08 Å². The van der Waals surface area contributed by atoms with Gasteiger partial charge in [0, 0.05) is 42.9 Å². The van der Waals surface area contributed by atoms with E-state index in [1.165, 1.54) is 61.3 Å². The van der Waals surface area contributed by atoms with Crippen LogP contribution in [0, 0.1) is 11.8 Å². The molecule has 5 aliphatic rings. The highest BCUT2D eigenvalue weighted by Crippen LogP contribution is 2.57. The maximum absolute atomic E-state index is 14.4. The fraction of sp³-hybridized carbons (Fsp3) is 0.467. The van der Waals surface area contributed by atoms with E-state index in [4.69, 9.17) is 10.9 Å². The average Bonchev–Trinajstić information content (AvgIpc) is 3.78. The lowest BCUT2D eigenvalue weighted by Gasteiger charge is -2.36. The number of fused-ring (bicyclic) bond motifs is 5. The third kappa shape index (κ3) is 7.29. The van der Waals surface area contributed by atoms with Gasteiger partial charge in [-0.2, -0.15) is 0 Å². The molecule has 8 rings (SSSR count). The van der Waals surface area contributed by atoms with Crippen LogP contribution in [0.5, 0.6) is 0 Å². The quantitative estimate of drug-likeness (QED) is 0.0966. The smallest absolute Gasteiger partial charge is 0.328 e. The molecule has 3 unspecified atom stereocenters. The second-order valence-corrected chi connectivity index (χ2v) is 16.5. The third-order valence-corrected chi connectivity index (χ3v) is 13.1. The van der Waals surface area contributed by atoms with Crippen LogP contribution < -0.4 is 21.1 Å². The number of hydrazine groups is 1. The number of rotatable bonds is 8. The van der Waals surface area contributed by atoms with Gasteiger partial charge >= 0.3 is 5.97 Å². The summed E-state index contributed by atoms with van der Waals surface area (Å²) in [5.74, 6) is 5.55. The fourth-order valence-corrected chi connectivity index (χ4v) is 10.3. The van der Waals surface area contributed by atoms with Crippen molar-refractivity contribution in [2.75, 3.05) is 29.5 Å². The van der Waals surface area contributed by atoms with Gasteiger partial charge in [-0.1, -0.05) is 74.6 Å². The number of nitrogens with one attached hydrogen (secondary N) is 1. The minimum absolute atomic E-state index is 0.0892. The number of carboxylic acid groups (broad SMARTS) is 1. The van der Waals surface area contributed by atoms with Gasteiger partial charge in [-0.25, -0.2) is 15.6 Å². The van der Waals surface area contributed by atoms with E-state index in [0.29, 0.717) is 48.5 Å². The molecule has 3 aromatic carbocycles. The summed E-state index contributed by atoms with van der Waals surface area (Å²) < 4.78 is 0. The Bertz CT molecular complexity index is 1960. The minimum Gasteiger partial charge on any atom is -0.478 e. The monoisotopic (exact) mass is 743 g/mol. The first-order chi connectivity index (χ1) is 26.7. The molecule has 3 aromatic rings. The van der Waals surface area contributed by atoms with Crippen LogP contribution in [0.3, 0.4) is 0 Å². The number of nitrogens with two attached hydrogens (primary N) is 1. The van der Waals surface area contributed by atoms with Crippen LogP contribution >= 0.6 is 0 Å². The lowest BCUT2D eigenvalue weighted by Crippen LogP contribution is -2.60. The molecule has 3 heterocycles. The molecule has 4 N–H and O–H groups in total. The summed E-state index contributed by atoms with van der Waals surface area (Å²) in [5.41, 5.74) is 5.31. The van der Waals surface area contributed by atoms with Gasteiger partial charge in [0.05, 0.1) is 17.6 Å². The van der Waals surface area contributed by atoms with Gasteiger partial charge in [0.2, 0.25) is 5.91 Å². The number of carbonyl (C=O) groups excluding carboxylic acids is 3. The van der Waals surface area contributed by atoms with Crippen molar-refractivity contribution in [3.63, 3.8) is 0 Å². The first kappa shape index (κ1) is 37.0. The molecule has 3 atom stereocenters. The molecular weight excluding hydrogens is 691 g/mol. The van der Waals surface area contributed by atoms with Crippen molar-refractivity contribution in [3.8, 4) is 0 Å². The first-order valence-electron chi connectivity index (χ1n) is 20.4. The van der Waals surface area contributed by atoms with Gasteiger partial charge in [-0.15, -0.1) is 0 Å². The first-order valence-corrected chi connectivity index (χ1v) is 20.4. The normalized spacial score (nSPS) is 23.4. The Hall–Kier alpha value is -4.96. The summed E-state index contributed by atoms with van der Waals surface area (Å²) in [5, 5.41) is 13.2. The van der Waals surface area contributed by atoms with Gasteiger partial charge < -0.3 is 20.2 Å². The molecule has 2 saturated carbocycles. The number of benzene rings is 3. The van der Waals surface area contributed by atoms with Crippen LogP contribution in [0.2, 0.25) is 0 Å². The summed E-state index contributed by atoms with van der Waals surface area (Å²) >= 11 is 0. The molecule has 10 heteroatoms. The van der Waals surface area contributed by atoms with E-state index in [0.717, 1.165) is 55.5 Å². The van der Waals surface area contributed by atoms with Gasteiger partial charge in [0.15, 0.2) is 0 Å². The largest absolute Gasteiger partial charge is 0.478 e. The lowest BCUT2D eigenvalue weighted by atomic mass is 9.72. The van der Waals surface area contributed by atoms with Gasteiger partial charge in [0.25, 0.3) is 11.8 Å². The Morgan fingerprint density at radius 3 is 2.27 bits per heavy atom. The zero-order chi connectivity index (χ0) is 38.1. The van der Waals surface area contributed by atoms with Crippen molar-refractivity contribution in [2.45, 2.75) is 101 Å². The molecule has 3 fully saturated rings. The highest BCUT2D eigenvalue weighted by Gasteiger charge is 2.48. The average molecular weight is 744 g/mol. The summed E-state index contributed by atoms with van der Waals surface area (Å²) in [4.78, 5) is 58.3. The fourth-order valence-electron chi connectivity index (χ4n) is 10.3. The number of carboxylic acids is 1. The molecule has 0 bridgehead atoms. The van der Waals surface area contributed by atoms with Crippen molar-refractivity contribution in [1.29, 1.82) is 0 Å².